The number of aryl methyl sites for hydroxylation is 1. The van der Waals surface area contributed by atoms with Crippen molar-refractivity contribution in [2.45, 2.75) is 32.2 Å². The summed E-state index contributed by atoms with van der Waals surface area (Å²) < 4.78 is 28.4. The lowest BCUT2D eigenvalue weighted by atomic mass is 9.97. The minimum Gasteiger partial charge on any atom is -0.246 e. The van der Waals surface area contributed by atoms with Crippen molar-refractivity contribution in [3.8, 4) is 5.00 Å². The van der Waals surface area contributed by atoms with Crippen molar-refractivity contribution in [1.82, 2.24) is 18.7 Å². The van der Waals surface area contributed by atoms with Crippen LogP contribution in [0.25, 0.3) is 5.00 Å². The molecule has 4 rings (SSSR count). The second kappa shape index (κ2) is 7.89. The largest absolute Gasteiger partial charge is 0.351 e. The summed E-state index contributed by atoms with van der Waals surface area (Å²) in [7, 11) is -3.19. The average Bonchev–Trinajstić information content (AvgIpc) is 3.31. The quantitative estimate of drug-likeness (QED) is 0.621. The van der Waals surface area contributed by atoms with Crippen LogP contribution in [0.1, 0.15) is 35.7 Å². The number of rotatable bonds is 5. The van der Waals surface area contributed by atoms with Crippen LogP contribution in [0.15, 0.2) is 46.6 Å². The van der Waals surface area contributed by atoms with Gasteiger partial charge in [-0.2, -0.15) is 5.10 Å². The van der Waals surface area contributed by atoms with Crippen LogP contribution >= 0.6 is 11.3 Å². The van der Waals surface area contributed by atoms with E-state index in [0.29, 0.717) is 32.5 Å². The Kier molecular flexibility index (Phi) is 5.46. The van der Waals surface area contributed by atoms with Gasteiger partial charge < -0.3 is 0 Å². The average molecular weight is 433 g/mol. The van der Waals surface area contributed by atoms with Crippen LogP contribution in [0.3, 0.4) is 0 Å². The van der Waals surface area contributed by atoms with Gasteiger partial charge in [-0.15, -0.1) is 11.3 Å². The van der Waals surface area contributed by atoms with Crippen LogP contribution in [-0.4, -0.2) is 46.4 Å². The standard InChI is InChI=1S/C20H24N4O3S2/c1-15-6-3-4-7-17(15)14-23-20(25)24(18-8-5-13-28-18)19(21-23)16-9-11-22(12-10-16)29(2,26)27/h3-8,13,16H,9-12,14H2,1-2H3. The third-order valence-electron chi connectivity index (χ3n) is 5.46. The Bertz CT molecular complexity index is 1150. The van der Waals surface area contributed by atoms with E-state index in [0.717, 1.165) is 22.0 Å². The topological polar surface area (TPSA) is 77.2 Å². The van der Waals surface area contributed by atoms with Crippen molar-refractivity contribution >= 4 is 21.4 Å². The molecule has 0 aliphatic carbocycles. The fraction of sp³-hybridized carbons (Fsp3) is 0.400. The molecule has 0 saturated carbocycles. The molecular weight excluding hydrogens is 408 g/mol. The lowest BCUT2D eigenvalue weighted by molar-refractivity contribution is 0.313. The molecule has 9 heteroatoms. The van der Waals surface area contributed by atoms with Gasteiger partial charge in [0.25, 0.3) is 0 Å². The van der Waals surface area contributed by atoms with Gasteiger partial charge in [-0.3, -0.25) is 0 Å². The molecule has 1 aromatic carbocycles. The van der Waals surface area contributed by atoms with Gasteiger partial charge in [0.05, 0.1) is 12.8 Å². The number of sulfonamides is 1. The summed E-state index contributed by atoms with van der Waals surface area (Å²) in [6.45, 7) is 3.34. The lowest BCUT2D eigenvalue weighted by Gasteiger charge is -2.29. The van der Waals surface area contributed by atoms with Gasteiger partial charge in [0.1, 0.15) is 10.8 Å². The number of nitrogens with zero attached hydrogens (tertiary/aromatic N) is 4. The van der Waals surface area contributed by atoms with Crippen LogP contribution in [0.2, 0.25) is 0 Å². The first-order valence-electron chi connectivity index (χ1n) is 9.58. The zero-order chi connectivity index (χ0) is 20.6. The SMILES string of the molecule is Cc1ccccc1Cn1nc(C2CCN(S(C)(=O)=O)CC2)n(-c2cccs2)c1=O. The van der Waals surface area contributed by atoms with E-state index < -0.39 is 10.0 Å². The van der Waals surface area contributed by atoms with E-state index in [4.69, 9.17) is 5.10 Å². The Morgan fingerprint density at radius 1 is 1.14 bits per heavy atom. The van der Waals surface area contributed by atoms with Crippen molar-refractivity contribution in [3.05, 3.63) is 69.2 Å². The predicted molar refractivity (Wildman–Crippen MR) is 114 cm³/mol. The summed E-state index contributed by atoms with van der Waals surface area (Å²) in [5.74, 6) is 0.764. The molecule has 0 atom stereocenters. The molecular formula is C20H24N4O3S2. The van der Waals surface area contributed by atoms with E-state index in [1.165, 1.54) is 26.6 Å². The second-order valence-corrected chi connectivity index (χ2v) is 10.4. The molecule has 7 nitrogen and oxygen atoms in total. The van der Waals surface area contributed by atoms with E-state index >= 15 is 0 Å². The van der Waals surface area contributed by atoms with Gasteiger partial charge >= 0.3 is 5.69 Å². The van der Waals surface area contributed by atoms with Crippen molar-refractivity contribution < 1.29 is 8.42 Å². The summed E-state index contributed by atoms with van der Waals surface area (Å²) in [5, 5.41) is 7.50. The van der Waals surface area contributed by atoms with Gasteiger partial charge in [0, 0.05) is 19.0 Å². The molecule has 0 bridgehead atoms. The molecule has 0 N–H and O–H groups in total. The van der Waals surface area contributed by atoms with Gasteiger partial charge in [-0.1, -0.05) is 24.3 Å². The van der Waals surface area contributed by atoms with E-state index in [9.17, 15) is 13.2 Å². The summed E-state index contributed by atoms with van der Waals surface area (Å²) in [4.78, 5) is 13.2. The third-order valence-corrected chi connectivity index (χ3v) is 7.62. The van der Waals surface area contributed by atoms with Crippen LogP contribution in [0.5, 0.6) is 0 Å². The zero-order valence-corrected chi connectivity index (χ0v) is 18.1. The Morgan fingerprint density at radius 3 is 2.48 bits per heavy atom. The van der Waals surface area contributed by atoms with Crippen LogP contribution in [-0.2, 0) is 16.6 Å². The Labute approximate surface area is 174 Å². The Balaban J connectivity index is 1.70. The lowest BCUT2D eigenvalue weighted by Crippen LogP contribution is -2.37. The van der Waals surface area contributed by atoms with Crippen LogP contribution in [0.4, 0.5) is 0 Å². The molecule has 1 aliphatic rings. The Morgan fingerprint density at radius 2 is 1.86 bits per heavy atom. The van der Waals surface area contributed by atoms with Gasteiger partial charge in [-0.05, 0) is 48.4 Å². The fourth-order valence-corrected chi connectivity index (χ4v) is 5.40. The van der Waals surface area contributed by atoms with E-state index in [1.54, 1.807) is 4.57 Å². The highest BCUT2D eigenvalue weighted by Crippen LogP contribution is 2.29. The number of piperidine rings is 1. The van der Waals surface area contributed by atoms with Gasteiger partial charge in [-0.25, -0.2) is 26.8 Å². The molecule has 1 fully saturated rings. The van der Waals surface area contributed by atoms with E-state index in [1.807, 2.05) is 48.7 Å². The minimum absolute atomic E-state index is 0.0425. The predicted octanol–water partition coefficient (Wildman–Crippen LogP) is 2.59. The third kappa shape index (κ3) is 4.08. The molecule has 154 valence electrons. The van der Waals surface area contributed by atoms with E-state index in [-0.39, 0.29) is 11.6 Å². The summed E-state index contributed by atoms with van der Waals surface area (Å²) in [6, 6.07) is 11.8. The maximum absolute atomic E-state index is 13.2. The molecule has 0 amide bonds. The molecule has 1 aliphatic heterocycles. The first-order valence-corrected chi connectivity index (χ1v) is 12.3. The smallest absolute Gasteiger partial charge is 0.246 e. The number of hydrogen-bond acceptors (Lipinski definition) is 5. The normalized spacial score (nSPS) is 16.3. The molecule has 0 radical (unpaired) electrons. The fourth-order valence-electron chi connectivity index (χ4n) is 3.79. The molecule has 29 heavy (non-hydrogen) atoms. The number of aromatic nitrogens is 3. The minimum atomic E-state index is -3.19. The number of hydrogen-bond donors (Lipinski definition) is 0. The molecule has 0 spiro atoms. The van der Waals surface area contributed by atoms with Crippen molar-refractivity contribution in [1.29, 1.82) is 0 Å². The molecule has 1 saturated heterocycles. The number of thiophene rings is 1. The summed E-state index contributed by atoms with van der Waals surface area (Å²) in [5.41, 5.74) is 2.02. The first-order chi connectivity index (χ1) is 13.8. The monoisotopic (exact) mass is 432 g/mol. The molecule has 3 aromatic rings. The van der Waals surface area contributed by atoms with Crippen molar-refractivity contribution in [2.75, 3.05) is 19.3 Å². The maximum Gasteiger partial charge on any atom is 0.351 e. The van der Waals surface area contributed by atoms with Crippen molar-refractivity contribution in [2.24, 2.45) is 0 Å². The summed E-state index contributed by atoms with van der Waals surface area (Å²) in [6.07, 6.45) is 2.55. The van der Waals surface area contributed by atoms with Gasteiger partial charge in [0.2, 0.25) is 10.0 Å². The zero-order valence-electron chi connectivity index (χ0n) is 16.5. The van der Waals surface area contributed by atoms with Crippen LogP contribution < -0.4 is 5.69 Å². The maximum atomic E-state index is 13.2. The number of benzene rings is 1. The van der Waals surface area contributed by atoms with Gasteiger partial charge in [0.15, 0.2) is 0 Å². The second-order valence-electron chi connectivity index (χ2n) is 7.45. The van der Waals surface area contributed by atoms with Crippen molar-refractivity contribution in [3.63, 3.8) is 0 Å². The highest BCUT2D eigenvalue weighted by atomic mass is 32.2. The molecule has 2 aromatic heterocycles. The molecule has 0 unspecified atom stereocenters. The molecule has 3 heterocycles. The first kappa shape index (κ1) is 20.1. The Hall–Kier alpha value is -2.23. The highest BCUT2D eigenvalue weighted by molar-refractivity contribution is 7.88. The summed E-state index contributed by atoms with van der Waals surface area (Å²) >= 11 is 1.50. The highest BCUT2D eigenvalue weighted by Gasteiger charge is 2.30. The van der Waals surface area contributed by atoms with E-state index in [2.05, 4.69) is 0 Å². The van der Waals surface area contributed by atoms with Crippen LogP contribution in [0, 0.1) is 6.92 Å².